The van der Waals surface area contributed by atoms with Gasteiger partial charge in [-0.05, 0) is 17.7 Å². The maximum Gasteiger partial charge on any atom is 0.326 e. The fourth-order valence-corrected chi connectivity index (χ4v) is 1.60. The van der Waals surface area contributed by atoms with Crippen molar-refractivity contribution in [1.29, 1.82) is 5.26 Å². The van der Waals surface area contributed by atoms with Gasteiger partial charge in [0, 0.05) is 0 Å². The van der Waals surface area contributed by atoms with Crippen LogP contribution >= 0.6 is 0 Å². The standard InChI is InChI=1S/C12H9N3O3/c1-18-8-4-2-7(3-5-8)10-9(6-13)14-12(17)15-11(10)16/h2-5H,1H3,(H2,14,15,16,17). The highest BCUT2D eigenvalue weighted by Gasteiger charge is 2.11. The SMILES string of the molecule is COc1ccc(-c2c(C#N)[nH]c(=O)[nH]c2=O)cc1. The zero-order chi connectivity index (χ0) is 13.1. The van der Waals surface area contributed by atoms with E-state index in [2.05, 4.69) is 9.97 Å². The Morgan fingerprint density at radius 3 is 2.39 bits per heavy atom. The lowest BCUT2D eigenvalue weighted by atomic mass is 10.1. The lowest BCUT2D eigenvalue weighted by Crippen LogP contribution is -2.25. The Labute approximate surface area is 101 Å². The summed E-state index contributed by atoms with van der Waals surface area (Å²) in [5.41, 5.74) is -0.687. The van der Waals surface area contributed by atoms with Gasteiger partial charge in [0.15, 0.2) is 0 Å². The van der Waals surface area contributed by atoms with E-state index in [1.165, 1.54) is 7.11 Å². The van der Waals surface area contributed by atoms with E-state index >= 15 is 0 Å². The van der Waals surface area contributed by atoms with Gasteiger partial charge in [0.05, 0.1) is 12.7 Å². The summed E-state index contributed by atoms with van der Waals surface area (Å²) in [6.07, 6.45) is 0. The van der Waals surface area contributed by atoms with Crippen LogP contribution in [0.5, 0.6) is 5.75 Å². The quantitative estimate of drug-likeness (QED) is 0.807. The molecule has 1 heterocycles. The van der Waals surface area contributed by atoms with Gasteiger partial charge in [-0.15, -0.1) is 0 Å². The van der Waals surface area contributed by atoms with E-state index < -0.39 is 11.2 Å². The molecule has 0 spiro atoms. The predicted octanol–water partition coefficient (Wildman–Crippen LogP) is 0.610. The van der Waals surface area contributed by atoms with E-state index in [9.17, 15) is 9.59 Å². The molecule has 0 unspecified atom stereocenters. The van der Waals surface area contributed by atoms with E-state index in [1.54, 1.807) is 30.3 Å². The molecule has 2 N–H and O–H groups in total. The van der Waals surface area contributed by atoms with Crippen LogP contribution in [0.2, 0.25) is 0 Å². The van der Waals surface area contributed by atoms with Crippen molar-refractivity contribution in [3.63, 3.8) is 0 Å². The molecule has 0 saturated heterocycles. The van der Waals surface area contributed by atoms with E-state index in [4.69, 9.17) is 10.00 Å². The van der Waals surface area contributed by atoms with E-state index in [0.29, 0.717) is 11.3 Å². The number of benzene rings is 1. The molecule has 0 bridgehead atoms. The largest absolute Gasteiger partial charge is 0.497 e. The number of rotatable bonds is 2. The van der Waals surface area contributed by atoms with Crippen molar-refractivity contribution in [3.8, 4) is 22.9 Å². The van der Waals surface area contributed by atoms with Gasteiger partial charge in [-0.1, -0.05) is 12.1 Å². The van der Waals surface area contributed by atoms with Crippen molar-refractivity contribution >= 4 is 0 Å². The molecule has 2 aromatic rings. The summed E-state index contributed by atoms with van der Waals surface area (Å²) in [7, 11) is 1.53. The number of nitrogens with zero attached hydrogens (tertiary/aromatic N) is 1. The summed E-state index contributed by atoms with van der Waals surface area (Å²) in [4.78, 5) is 27.2. The molecule has 0 aliphatic carbocycles. The number of aromatic nitrogens is 2. The van der Waals surface area contributed by atoms with Gasteiger partial charge in [0.1, 0.15) is 17.5 Å². The molecule has 0 atom stereocenters. The van der Waals surface area contributed by atoms with Crippen LogP contribution in [-0.2, 0) is 0 Å². The summed E-state index contributed by atoms with van der Waals surface area (Å²) in [5, 5.41) is 8.93. The maximum absolute atomic E-state index is 11.7. The van der Waals surface area contributed by atoms with Crippen LogP contribution in [0.4, 0.5) is 0 Å². The summed E-state index contributed by atoms with van der Waals surface area (Å²) in [5.74, 6) is 0.637. The van der Waals surface area contributed by atoms with Gasteiger partial charge in [-0.2, -0.15) is 5.26 Å². The van der Waals surface area contributed by atoms with Crippen LogP contribution < -0.4 is 16.0 Å². The summed E-state index contributed by atoms with van der Waals surface area (Å²) < 4.78 is 5.00. The van der Waals surface area contributed by atoms with Crippen LogP contribution in [0, 0.1) is 11.3 Å². The monoisotopic (exact) mass is 243 g/mol. The molecule has 0 radical (unpaired) electrons. The fourth-order valence-electron chi connectivity index (χ4n) is 1.60. The van der Waals surface area contributed by atoms with Crippen LogP contribution in [0.25, 0.3) is 11.1 Å². The molecule has 0 amide bonds. The molecule has 6 nitrogen and oxygen atoms in total. The molecule has 90 valence electrons. The number of nitriles is 1. The third kappa shape index (κ3) is 2.01. The molecule has 18 heavy (non-hydrogen) atoms. The van der Waals surface area contributed by atoms with Crippen molar-refractivity contribution in [2.24, 2.45) is 0 Å². The lowest BCUT2D eigenvalue weighted by molar-refractivity contribution is 0.415. The summed E-state index contributed by atoms with van der Waals surface area (Å²) >= 11 is 0. The molecule has 2 rings (SSSR count). The fraction of sp³-hybridized carbons (Fsp3) is 0.0833. The van der Waals surface area contributed by atoms with Crippen molar-refractivity contribution in [1.82, 2.24) is 9.97 Å². The first-order valence-corrected chi connectivity index (χ1v) is 5.07. The Morgan fingerprint density at radius 2 is 1.83 bits per heavy atom. The Hall–Kier alpha value is -2.81. The maximum atomic E-state index is 11.7. The van der Waals surface area contributed by atoms with Crippen molar-refractivity contribution in [2.75, 3.05) is 7.11 Å². The molecule has 0 fully saturated rings. The smallest absolute Gasteiger partial charge is 0.326 e. The first-order valence-electron chi connectivity index (χ1n) is 5.07. The number of nitrogens with one attached hydrogen (secondary N) is 2. The first kappa shape index (κ1) is 11.7. The van der Waals surface area contributed by atoms with Crippen LogP contribution in [0.15, 0.2) is 33.9 Å². The molecule has 0 aliphatic heterocycles. The zero-order valence-corrected chi connectivity index (χ0v) is 9.48. The normalized spacial score (nSPS) is 9.78. The highest BCUT2D eigenvalue weighted by molar-refractivity contribution is 5.68. The topological polar surface area (TPSA) is 98.7 Å². The van der Waals surface area contributed by atoms with Crippen molar-refractivity contribution in [3.05, 3.63) is 50.8 Å². The average Bonchev–Trinajstić information content (AvgIpc) is 2.38. The Morgan fingerprint density at radius 1 is 1.17 bits per heavy atom. The Bertz CT molecular complexity index is 720. The molecule has 0 saturated carbocycles. The number of ether oxygens (including phenoxy) is 1. The first-order chi connectivity index (χ1) is 8.65. The van der Waals surface area contributed by atoms with Crippen molar-refractivity contribution < 1.29 is 4.74 Å². The Balaban J connectivity index is 2.67. The van der Waals surface area contributed by atoms with Crippen molar-refractivity contribution in [2.45, 2.75) is 0 Å². The highest BCUT2D eigenvalue weighted by atomic mass is 16.5. The van der Waals surface area contributed by atoms with Crippen LogP contribution in [0.3, 0.4) is 0 Å². The third-order valence-corrected chi connectivity index (χ3v) is 2.43. The third-order valence-electron chi connectivity index (χ3n) is 2.43. The van der Waals surface area contributed by atoms with E-state index in [0.717, 1.165) is 0 Å². The second-order valence-electron chi connectivity index (χ2n) is 3.50. The molecule has 1 aromatic heterocycles. The summed E-state index contributed by atoms with van der Waals surface area (Å²) in [6, 6.07) is 8.42. The summed E-state index contributed by atoms with van der Waals surface area (Å²) in [6.45, 7) is 0. The van der Waals surface area contributed by atoms with Gasteiger partial charge in [0.2, 0.25) is 0 Å². The average molecular weight is 243 g/mol. The second-order valence-corrected chi connectivity index (χ2v) is 3.50. The number of H-pyrrole nitrogens is 2. The van der Waals surface area contributed by atoms with Crippen LogP contribution in [-0.4, -0.2) is 17.1 Å². The number of hydrogen-bond donors (Lipinski definition) is 2. The number of hydrogen-bond acceptors (Lipinski definition) is 4. The van der Waals surface area contributed by atoms with Gasteiger partial charge in [0.25, 0.3) is 5.56 Å². The van der Waals surface area contributed by atoms with Gasteiger partial charge in [-0.3, -0.25) is 14.8 Å². The van der Waals surface area contributed by atoms with Gasteiger partial charge in [-0.25, -0.2) is 4.79 Å². The minimum Gasteiger partial charge on any atom is -0.497 e. The molecule has 0 aliphatic rings. The minimum atomic E-state index is -0.700. The van der Waals surface area contributed by atoms with Gasteiger partial charge >= 0.3 is 5.69 Å². The van der Waals surface area contributed by atoms with E-state index in [1.807, 2.05) is 0 Å². The lowest BCUT2D eigenvalue weighted by Gasteiger charge is -2.04. The predicted molar refractivity (Wildman–Crippen MR) is 64.4 cm³/mol. The minimum absolute atomic E-state index is 0.0612. The number of aromatic amines is 2. The molecule has 1 aromatic carbocycles. The zero-order valence-electron chi connectivity index (χ0n) is 9.48. The molecular weight excluding hydrogens is 234 g/mol. The molecule has 6 heteroatoms. The Kier molecular flexibility index (Phi) is 2.98. The van der Waals surface area contributed by atoms with Gasteiger partial charge < -0.3 is 4.74 Å². The molecular formula is C12H9N3O3. The highest BCUT2D eigenvalue weighted by Crippen LogP contribution is 2.20. The second kappa shape index (κ2) is 4.59. The van der Waals surface area contributed by atoms with Crippen LogP contribution in [0.1, 0.15) is 5.69 Å². The van der Waals surface area contributed by atoms with E-state index in [-0.39, 0.29) is 11.3 Å². The number of methoxy groups -OCH3 is 1.